The van der Waals surface area contributed by atoms with Crippen molar-refractivity contribution in [2.45, 2.75) is 65.7 Å². The maximum Gasteiger partial charge on any atom is 0.138 e. The minimum atomic E-state index is -0.0391. The Morgan fingerprint density at radius 2 is 1.71 bits per heavy atom. The molecule has 2 rings (SSSR count). The van der Waals surface area contributed by atoms with E-state index in [1.54, 1.807) is 0 Å². The molecular weight excluding hydrogens is 260 g/mol. The van der Waals surface area contributed by atoms with Crippen LogP contribution in [0.15, 0.2) is 6.07 Å². The predicted molar refractivity (Wildman–Crippen MR) is 90.0 cm³/mol. The fourth-order valence-electron chi connectivity index (χ4n) is 2.65. The molecule has 1 aliphatic rings. The summed E-state index contributed by atoms with van der Waals surface area (Å²) in [6.07, 6.45) is 5.29. The second-order valence-electron chi connectivity index (χ2n) is 7.35. The van der Waals surface area contributed by atoms with E-state index in [-0.39, 0.29) is 5.41 Å². The summed E-state index contributed by atoms with van der Waals surface area (Å²) in [6, 6.07) is 2.03. The van der Waals surface area contributed by atoms with Crippen LogP contribution in [-0.4, -0.2) is 23.1 Å². The number of hydrogen-bond acceptors (Lipinski definition) is 4. The first kappa shape index (κ1) is 16.1. The second kappa shape index (κ2) is 6.20. The van der Waals surface area contributed by atoms with Crippen LogP contribution < -0.4 is 10.6 Å². The quantitative estimate of drug-likeness (QED) is 0.790. The lowest BCUT2D eigenvalue weighted by Crippen LogP contribution is -2.21. The summed E-state index contributed by atoms with van der Waals surface area (Å²) in [4.78, 5) is 9.34. The van der Waals surface area contributed by atoms with Crippen molar-refractivity contribution in [1.29, 1.82) is 0 Å². The summed E-state index contributed by atoms with van der Waals surface area (Å²) in [5, 5.41) is 6.86. The maximum absolute atomic E-state index is 4.72. The molecule has 0 atom stereocenters. The smallest absolute Gasteiger partial charge is 0.138 e. The van der Waals surface area contributed by atoms with Crippen LogP contribution in [0.5, 0.6) is 0 Å². The van der Waals surface area contributed by atoms with Gasteiger partial charge in [-0.2, -0.15) is 0 Å². The first-order chi connectivity index (χ1) is 9.88. The van der Waals surface area contributed by atoms with Crippen molar-refractivity contribution in [1.82, 2.24) is 9.97 Å². The molecule has 1 heterocycles. The average Bonchev–Trinajstić information content (AvgIpc) is 3.16. The zero-order valence-corrected chi connectivity index (χ0v) is 14.2. The molecule has 1 aliphatic carbocycles. The third-order valence-corrected chi connectivity index (χ3v) is 4.14. The van der Waals surface area contributed by atoms with E-state index in [9.17, 15) is 0 Å². The normalized spacial score (nSPS) is 16.6. The van der Waals surface area contributed by atoms with E-state index in [1.807, 2.05) is 6.07 Å². The third-order valence-electron chi connectivity index (χ3n) is 4.14. The number of hydrogen-bond donors (Lipinski definition) is 2. The van der Waals surface area contributed by atoms with E-state index in [4.69, 9.17) is 4.98 Å². The number of nitrogens with one attached hydrogen (secondary N) is 2. The van der Waals surface area contributed by atoms with Gasteiger partial charge in [0.05, 0.1) is 0 Å². The standard InChI is InChI=1S/C17H30N4/c1-6-8-17(9-10-17)12-19-14-11-13(18-7-2)20-15(21-14)16(3,4)5/h11H,6-10,12H2,1-5H3,(H2,18,19,20,21). The minimum Gasteiger partial charge on any atom is -0.370 e. The lowest BCUT2D eigenvalue weighted by Gasteiger charge is -2.20. The van der Waals surface area contributed by atoms with E-state index >= 15 is 0 Å². The summed E-state index contributed by atoms with van der Waals surface area (Å²) >= 11 is 0. The summed E-state index contributed by atoms with van der Waals surface area (Å²) in [6.45, 7) is 12.7. The number of rotatable bonds is 7. The summed E-state index contributed by atoms with van der Waals surface area (Å²) in [7, 11) is 0. The molecule has 1 aromatic rings. The molecule has 0 spiro atoms. The average molecular weight is 290 g/mol. The van der Waals surface area contributed by atoms with Gasteiger partial charge in [0, 0.05) is 24.6 Å². The Balaban J connectivity index is 2.12. The highest BCUT2D eigenvalue weighted by Crippen LogP contribution is 2.49. The van der Waals surface area contributed by atoms with Gasteiger partial charge in [0.25, 0.3) is 0 Å². The summed E-state index contributed by atoms with van der Waals surface area (Å²) < 4.78 is 0. The largest absolute Gasteiger partial charge is 0.370 e. The van der Waals surface area contributed by atoms with E-state index < -0.39 is 0 Å². The van der Waals surface area contributed by atoms with Crippen LogP contribution in [0.25, 0.3) is 0 Å². The Bertz CT molecular complexity index is 472. The molecule has 0 saturated heterocycles. The van der Waals surface area contributed by atoms with Crippen LogP contribution in [0, 0.1) is 5.41 Å². The van der Waals surface area contributed by atoms with Crippen LogP contribution in [-0.2, 0) is 5.41 Å². The van der Waals surface area contributed by atoms with Gasteiger partial charge in [0.15, 0.2) is 0 Å². The molecular formula is C17H30N4. The molecule has 118 valence electrons. The fraction of sp³-hybridized carbons (Fsp3) is 0.765. The number of nitrogens with zero attached hydrogens (tertiary/aromatic N) is 2. The molecule has 0 radical (unpaired) electrons. The monoisotopic (exact) mass is 290 g/mol. The zero-order valence-electron chi connectivity index (χ0n) is 14.2. The third kappa shape index (κ3) is 4.32. The van der Waals surface area contributed by atoms with E-state index in [0.29, 0.717) is 5.41 Å². The highest BCUT2D eigenvalue weighted by molar-refractivity contribution is 5.48. The van der Waals surface area contributed by atoms with Gasteiger partial charge in [-0.25, -0.2) is 9.97 Å². The Labute approximate surface area is 129 Å². The first-order valence-electron chi connectivity index (χ1n) is 8.26. The fourth-order valence-corrected chi connectivity index (χ4v) is 2.65. The highest BCUT2D eigenvalue weighted by atomic mass is 15.1. The van der Waals surface area contributed by atoms with Crippen LogP contribution >= 0.6 is 0 Å². The molecule has 1 saturated carbocycles. The Morgan fingerprint density at radius 3 is 2.19 bits per heavy atom. The van der Waals surface area contributed by atoms with Crippen LogP contribution in [0.1, 0.15) is 66.1 Å². The van der Waals surface area contributed by atoms with Crippen LogP contribution in [0.3, 0.4) is 0 Å². The van der Waals surface area contributed by atoms with Crippen molar-refractivity contribution in [3.63, 3.8) is 0 Å². The molecule has 0 aromatic carbocycles. The molecule has 0 aliphatic heterocycles. The molecule has 1 aromatic heterocycles. The van der Waals surface area contributed by atoms with Crippen LogP contribution in [0.2, 0.25) is 0 Å². The molecule has 0 unspecified atom stereocenters. The molecule has 4 nitrogen and oxygen atoms in total. The summed E-state index contributed by atoms with van der Waals surface area (Å²) in [5.74, 6) is 2.76. The highest BCUT2D eigenvalue weighted by Gasteiger charge is 2.41. The molecule has 0 amide bonds. The van der Waals surface area contributed by atoms with Gasteiger partial charge >= 0.3 is 0 Å². The Hall–Kier alpha value is -1.32. The topological polar surface area (TPSA) is 49.8 Å². The van der Waals surface area contributed by atoms with Crippen molar-refractivity contribution in [2.75, 3.05) is 23.7 Å². The molecule has 1 fully saturated rings. The van der Waals surface area contributed by atoms with Crippen LogP contribution in [0.4, 0.5) is 11.6 Å². The maximum atomic E-state index is 4.72. The van der Waals surface area contributed by atoms with Gasteiger partial charge in [-0.3, -0.25) is 0 Å². The lowest BCUT2D eigenvalue weighted by molar-refractivity contribution is 0.484. The van der Waals surface area contributed by atoms with Gasteiger partial charge in [-0.15, -0.1) is 0 Å². The van der Waals surface area contributed by atoms with Gasteiger partial charge in [0.2, 0.25) is 0 Å². The first-order valence-corrected chi connectivity index (χ1v) is 8.26. The Kier molecular flexibility index (Phi) is 4.74. The molecule has 4 heteroatoms. The minimum absolute atomic E-state index is 0.0391. The predicted octanol–water partition coefficient (Wildman–Crippen LogP) is 4.20. The molecule has 0 bridgehead atoms. The van der Waals surface area contributed by atoms with Gasteiger partial charge in [-0.1, -0.05) is 34.1 Å². The molecule has 21 heavy (non-hydrogen) atoms. The Morgan fingerprint density at radius 1 is 1.10 bits per heavy atom. The van der Waals surface area contributed by atoms with Gasteiger partial charge < -0.3 is 10.6 Å². The SMILES string of the molecule is CCCC1(CNc2cc(NCC)nc(C(C)(C)C)n2)CC1. The van der Waals surface area contributed by atoms with Crippen molar-refractivity contribution >= 4 is 11.6 Å². The number of aromatic nitrogens is 2. The van der Waals surface area contributed by atoms with Crippen molar-refractivity contribution in [3.8, 4) is 0 Å². The zero-order chi connectivity index (χ0) is 15.5. The van der Waals surface area contributed by atoms with Crippen molar-refractivity contribution in [3.05, 3.63) is 11.9 Å². The van der Waals surface area contributed by atoms with Gasteiger partial charge in [-0.05, 0) is 31.6 Å². The van der Waals surface area contributed by atoms with E-state index in [2.05, 4.69) is 50.2 Å². The molecule has 2 N–H and O–H groups in total. The van der Waals surface area contributed by atoms with Gasteiger partial charge in [0.1, 0.15) is 17.5 Å². The summed E-state index contributed by atoms with van der Waals surface area (Å²) in [5.41, 5.74) is 0.489. The number of anilines is 2. The van der Waals surface area contributed by atoms with Crippen molar-refractivity contribution in [2.24, 2.45) is 5.41 Å². The second-order valence-corrected chi connectivity index (χ2v) is 7.35. The van der Waals surface area contributed by atoms with E-state index in [0.717, 1.165) is 30.5 Å². The lowest BCUT2D eigenvalue weighted by atomic mass is 9.95. The van der Waals surface area contributed by atoms with E-state index in [1.165, 1.54) is 25.7 Å². The van der Waals surface area contributed by atoms with Crippen molar-refractivity contribution < 1.29 is 0 Å².